The average molecular weight is 391 g/mol. The lowest BCUT2D eigenvalue weighted by Gasteiger charge is -2.32. The molecule has 0 bridgehead atoms. The molecule has 0 saturated heterocycles. The second-order valence-electron chi connectivity index (χ2n) is 7.21. The average Bonchev–Trinajstić information content (AvgIpc) is 2.63. The second-order valence-corrected chi connectivity index (χ2v) is 7.58. The van der Waals surface area contributed by atoms with Gasteiger partial charge < -0.3 is 10.2 Å². The third-order valence-corrected chi connectivity index (χ3v) is 5.19. The van der Waals surface area contributed by atoms with Gasteiger partial charge in [0.15, 0.2) is 0 Å². The summed E-state index contributed by atoms with van der Waals surface area (Å²) in [4.78, 5) is 33.4. The summed E-state index contributed by atoms with van der Waals surface area (Å²) in [5, 5.41) is 3.19. The number of likely N-dealkylation sites (N-methyl/N-ethyl adjacent to an activating group) is 1. The lowest BCUT2D eigenvalue weighted by atomic mass is 9.91. The quantitative estimate of drug-likeness (QED) is 0.613. The smallest absolute Gasteiger partial charge is 0.251 e. The van der Waals surface area contributed by atoms with E-state index in [1.165, 1.54) is 0 Å². The molecule has 0 spiro atoms. The maximum atomic E-state index is 12.8. The fourth-order valence-electron chi connectivity index (χ4n) is 3.04. The molecule has 2 rings (SSSR count). The molecule has 0 aromatic rings. The number of amides is 2. The summed E-state index contributed by atoms with van der Waals surface area (Å²) in [5.41, 5.74) is 1.07. The van der Waals surface area contributed by atoms with Crippen molar-refractivity contribution in [2.75, 3.05) is 32.7 Å². The monoisotopic (exact) mass is 390 g/mol. The molecule has 148 valence electrons. The van der Waals surface area contributed by atoms with Crippen LogP contribution in [0.5, 0.6) is 0 Å². The van der Waals surface area contributed by atoms with Gasteiger partial charge >= 0.3 is 0 Å². The van der Waals surface area contributed by atoms with E-state index in [9.17, 15) is 9.59 Å². The fraction of sp³-hybridized carbons (Fsp3) is 0.600. The third kappa shape index (κ3) is 5.56. The van der Waals surface area contributed by atoms with Gasteiger partial charge in [0.2, 0.25) is 11.0 Å². The van der Waals surface area contributed by atoms with Gasteiger partial charge in [-0.05, 0) is 43.7 Å². The van der Waals surface area contributed by atoms with E-state index in [2.05, 4.69) is 42.9 Å². The molecule has 0 aromatic carbocycles. The molecule has 27 heavy (non-hydrogen) atoms. The molecule has 2 aliphatic rings. The van der Waals surface area contributed by atoms with Crippen molar-refractivity contribution in [2.45, 2.75) is 34.1 Å². The third-order valence-electron chi connectivity index (χ3n) is 4.88. The van der Waals surface area contributed by atoms with E-state index < -0.39 is 5.92 Å². The lowest BCUT2D eigenvalue weighted by Crippen LogP contribution is -2.49. The number of hydrogen-bond donors (Lipinski definition) is 1. The van der Waals surface area contributed by atoms with Gasteiger partial charge in [-0.1, -0.05) is 39.8 Å². The van der Waals surface area contributed by atoms with Crippen LogP contribution in [0, 0.1) is 11.8 Å². The molecule has 7 heteroatoms. The molecule has 0 fully saturated rings. The summed E-state index contributed by atoms with van der Waals surface area (Å²) in [7, 11) is 0. The molecule has 1 aliphatic carbocycles. The summed E-state index contributed by atoms with van der Waals surface area (Å²) in [6.45, 7) is 12.2. The van der Waals surface area contributed by atoms with Crippen molar-refractivity contribution in [2.24, 2.45) is 16.8 Å². The minimum atomic E-state index is -0.458. The Labute approximate surface area is 167 Å². The van der Waals surface area contributed by atoms with Gasteiger partial charge in [-0.15, -0.1) is 0 Å². The number of nitrogens with zero attached hydrogens (tertiary/aromatic N) is 3. The fourth-order valence-corrected chi connectivity index (χ4v) is 3.33. The first-order valence-corrected chi connectivity index (χ1v) is 10.1. The van der Waals surface area contributed by atoms with Crippen LogP contribution < -0.4 is 5.32 Å². The summed E-state index contributed by atoms with van der Waals surface area (Å²) < 4.78 is 0. The molecule has 0 saturated carbocycles. The Bertz CT molecular complexity index is 677. The van der Waals surface area contributed by atoms with Gasteiger partial charge in [-0.25, -0.2) is 4.99 Å². The molecule has 2 amide bonds. The van der Waals surface area contributed by atoms with E-state index in [-0.39, 0.29) is 16.9 Å². The maximum Gasteiger partial charge on any atom is 0.251 e. The van der Waals surface area contributed by atoms with Crippen molar-refractivity contribution in [1.29, 1.82) is 0 Å². The molecule has 1 atom stereocenters. The molecule has 0 radical (unpaired) electrons. The number of thiocarbonyl (C=S) groups is 1. The topological polar surface area (TPSA) is 65.0 Å². The van der Waals surface area contributed by atoms with E-state index in [1.54, 1.807) is 23.1 Å². The van der Waals surface area contributed by atoms with Crippen LogP contribution in [0.25, 0.3) is 0 Å². The zero-order valence-corrected chi connectivity index (χ0v) is 17.5. The number of rotatable bonds is 9. The zero-order chi connectivity index (χ0) is 20.0. The number of allylic oxidation sites excluding steroid dienone is 1. The van der Waals surface area contributed by atoms with Crippen molar-refractivity contribution < 1.29 is 9.59 Å². The van der Waals surface area contributed by atoms with Crippen LogP contribution in [0.4, 0.5) is 0 Å². The van der Waals surface area contributed by atoms with Crippen LogP contribution in [0.15, 0.2) is 28.8 Å². The van der Waals surface area contributed by atoms with Crippen LogP contribution >= 0.6 is 12.2 Å². The summed E-state index contributed by atoms with van der Waals surface area (Å²) in [6.07, 6.45) is 6.08. The van der Waals surface area contributed by atoms with Gasteiger partial charge in [-0.2, -0.15) is 0 Å². The van der Waals surface area contributed by atoms with Crippen LogP contribution in [-0.4, -0.2) is 65.2 Å². The van der Waals surface area contributed by atoms with Crippen LogP contribution in [0.3, 0.4) is 0 Å². The Kier molecular flexibility index (Phi) is 7.86. The molecule has 1 N–H and O–H groups in total. The predicted octanol–water partition coefficient (Wildman–Crippen LogP) is 2.17. The summed E-state index contributed by atoms with van der Waals surface area (Å²) in [5.74, 6) is -0.134. The van der Waals surface area contributed by atoms with Gasteiger partial charge in [0.05, 0.1) is 11.6 Å². The Morgan fingerprint density at radius 2 is 2.07 bits per heavy atom. The maximum absolute atomic E-state index is 12.8. The molecule has 1 heterocycles. The van der Waals surface area contributed by atoms with Crippen molar-refractivity contribution in [3.63, 3.8) is 0 Å². The minimum Gasteiger partial charge on any atom is -0.352 e. The minimum absolute atomic E-state index is 0.0658. The number of fused-ring (bicyclic) bond motifs is 1. The van der Waals surface area contributed by atoms with Crippen molar-refractivity contribution in [3.8, 4) is 0 Å². The highest BCUT2D eigenvalue weighted by atomic mass is 32.1. The van der Waals surface area contributed by atoms with E-state index in [0.717, 1.165) is 26.1 Å². The Balaban J connectivity index is 2.05. The molecule has 1 aliphatic heterocycles. The largest absolute Gasteiger partial charge is 0.352 e. The number of nitrogens with one attached hydrogen (secondary N) is 1. The Morgan fingerprint density at radius 1 is 1.37 bits per heavy atom. The van der Waals surface area contributed by atoms with Crippen LogP contribution in [0.1, 0.15) is 34.1 Å². The normalized spacial score (nSPS) is 19.3. The molecular formula is C20H30N4O2S. The van der Waals surface area contributed by atoms with E-state index in [1.807, 2.05) is 0 Å². The van der Waals surface area contributed by atoms with Crippen LogP contribution in [0.2, 0.25) is 0 Å². The summed E-state index contributed by atoms with van der Waals surface area (Å²) >= 11 is 5.35. The highest BCUT2D eigenvalue weighted by molar-refractivity contribution is 7.80. The highest BCUT2D eigenvalue weighted by Gasteiger charge is 2.35. The zero-order valence-electron chi connectivity index (χ0n) is 16.7. The standard InChI is InChI=1S/C20H30N4O2S/c1-5-23(6-2)11-12-24-19(26)16-8-7-15(13-17(16)22-20(24)27)18(25)21-10-9-14(3)4/h7-8,13-14,16H,5-6,9-12H2,1-4H3,(H,21,25). The van der Waals surface area contributed by atoms with Crippen molar-refractivity contribution >= 4 is 34.9 Å². The Hall–Kier alpha value is -1.86. The number of hydrogen-bond acceptors (Lipinski definition) is 4. The highest BCUT2D eigenvalue weighted by Crippen LogP contribution is 2.22. The summed E-state index contributed by atoms with van der Waals surface area (Å²) in [6, 6.07) is 0. The lowest BCUT2D eigenvalue weighted by molar-refractivity contribution is -0.128. The van der Waals surface area contributed by atoms with Gasteiger partial charge in [0.25, 0.3) is 5.91 Å². The van der Waals surface area contributed by atoms with Gasteiger partial charge in [0, 0.05) is 25.2 Å². The van der Waals surface area contributed by atoms with Gasteiger partial charge in [0.1, 0.15) is 0 Å². The first-order chi connectivity index (χ1) is 12.9. The van der Waals surface area contributed by atoms with E-state index in [0.29, 0.717) is 30.3 Å². The molecular weight excluding hydrogens is 360 g/mol. The SMILES string of the molecule is CCN(CC)CCN1C(=O)C2C=CC(C(=O)NCCC(C)C)=CC2=NC1=S. The molecule has 6 nitrogen and oxygen atoms in total. The van der Waals surface area contributed by atoms with Crippen LogP contribution in [-0.2, 0) is 9.59 Å². The predicted molar refractivity (Wildman–Crippen MR) is 113 cm³/mol. The molecule has 0 aromatic heterocycles. The number of aliphatic imine (C=N–C) groups is 1. The first-order valence-electron chi connectivity index (χ1n) is 9.71. The van der Waals surface area contributed by atoms with Gasteiger partial charge in [-0.3, -0.25) is 14.5 Å². The van der Waals surface area contributed by atoms with Crippen molar-refractivity contribution in [1.82, 2.24) is 15.1 Å². The second kappa shape index (κ2) is 9.90. The van der Waals surface area contributed by atoms with E-state index in [4.69, 9.17) is 12.2 Å². The first kappa shape index (κ1) is 21.4. The number of carbonyl (C=O) groups excluding carboxylic acids is 2. The molecule has 1 unspecified atom stereocenters. The number of carbonyl (C=O) groups is 2. The van der Waals surface area contributed by atoms with E-state index >= 15 is 0 Å². The Morgan fingerprint density at radius 3 is 2.70 bits per heavy atom. The van der Waals surface area contributed by atoms with Crippen molar-refractivity contribution in [3.05, 3.63) is 23.8 Å².